The number of phenolic OH excluding ortho intramolecular Hbond substituents is 1. The molecule has 2 aromatic carbocycles. The number of aromatic hydroxyl groups is 1. The van der Waals surface area contributed by atoms with Gasteiger partial charge in [0.05, 0.1) is 6.04 Å². The average Bonchev–Trinajstić information content (AvgIpc) is 2.48. The highest BCUT2D eigenvalue weighted by molar-refractivity contribution is 5.84. The molecule has 1 heterocycles. The van der Waals surface area contributed by atoms with Gasteiger partial charge in [0.1, 0.15) is 5.75 Å². The fraction of sp³-hybridized carbons (Fsp3) is 0.375. The van der Waals surface area contributed by atoms with Crippen LogP contribution in [0.3, 0.4) is 0 Å². The van der Waals surface area contributed by atoms with Crippen molar-refractivity contribution in [2.24, 2.45) is 0 Å². The number of halogens is 2. The van der Waals surface area contributed by atoms with Crippen molar-refractivity contribution in [1.29, 1.82) is 0 Å². The van der Waals surface area contributed by atoms with Crippen LogP contribution >= 0.6 is 0 Å². The monoisotopic (exact) mass is 292 g/mol. The molecule has 21 heavy (non-hydrogen) atoms. The predicted octanol–water partition coefficient (Wildman–Crippen LogP) is 2.76. The van der Waals surface area contributed by atoms with Gasteiger partial charge >= 0.3 is 0 Å². The first kappa shape index (κ1) is 14.2. The van der Waals surface area contributed by atoms with Crippen molar-refractivity contribution in [3.63, 3.8) is 0 Å². The van der Waals surface area contributed by atoms with Crippen LogP contribution in [0.2, 0.25) is 0 Å². The van der Waals surface area contributed by atoms with Gasteiger partial charge in [-0.2, -0.15) is 0 Å². The average molecular weight is 292 g/mol. The summed E-state index contributed by atoms with van der Waals surface area (Å²) in [6, 6.07) is 9.44. The normalized spacial score (nSPS) is 18.2. The third-order valence-corrected chi connectivity index (χ3v) is 3.97. The molecule has 2 aromatic rings. The zero-order valence-electron chi connectivity index (χ0n) is 11.6. The van der Waals surface area contributed by atoms with E-state index in [-0.39, 0.29) is 5.75 Å². The molecule has 0 bridgehead atoms. The zero-order chi connectivity index (χ0) is 14.8. The van der Waals surface area contributed by atoms with Gasteiger partial charge in [-0.05, 0) is 34.5 Å². The van der Waals surface area contributed by atoms with E-state index in [1.165, 1.54) is 0 Å². The number of nitrogens with one attached hydrogen (secondary N) is 1. The molecule has 0 aromatic heterocycles. The predicted molar refractivity (Wildman–Crippen MR) is 78.8 cm³/mol. The number of fused-ring (bicyclic) bond motifs is 1. The maximum Gasteiger partial charge on any atom is 0.258 e. The van der Waals surface area contributed by atoms with Crippen LogP contribution in [-0.2, 0) is 0 Å². The highest BCUT2D eigenvalue weighted by Crippen LogP contribution is 2.31. The summed E-state index contributed by atoms with van der Waals surface area (Å²) in [5.74, 6) is 0.183. The quantitative estimate of drug-likeness (QED) is 0.913. The van der Waals surface area contributed by atoms with Crippen molar-refractivity contribution in [1.82, 2.24) is 10.2 Å². The second-order valence-corrected chi connectivity index (χ2v) is 5.36. The third kappa shape index (κ3) is 2.99. The molecule has 0 saturated carbocycles. The smallest absolute Gasteiger partial charge is 0.258 e. The second-order valence-electron chi connectivity index (χ2n) is 5.36. The summed E-state index contributed by atoms with van der Waals surface area (Å²) in [4.78, 5) is 1.84. The molecule has 1 atom stereocenters. The Kier molecular flexibility index (Phi) is 4.03. The molecule has 1 aliphatic heterocycles. The van der Waals surface area contributed by atoms with Crippen LogP contribution in [-0.4, -0.2) is 42.6 Å². The summed E-state index contributed by atoms with van der Waals surface area (Å²) >= 11 is 0. The van der Waals surface area contributed by atoms with Crippen molar-refractivity contribution in [3.8, 4) is 5.75 Å². The minimum Gasteiger partial charge on any atom is -0.508 e. The van der Waals surface area contributed by atoms with Crippen LogP contribution in [0.5, 0.6) is 5.75 Å². The Hall–Kier alpha value is -1.72. The van der Waals surface area contributed by atoms with Gasteiger partial charge in [-0.3, -0.25) is 4.90 Å². The lowest BCUT2D eigenvalue weighted by Gasteiger charge is -2.34. The maximum absolute atomic E-state index is 13.5. The molecule has 0 spiro atoms. The van der Waals surface area contributed by atoms with Crippen molar-refractivity contribution in [3.05, 3.63) is 42.0 Å². The number of phenols is 1. The Labute approximate surface area is 122 Å². The number of benzene rings is 2. The maximum atomic E-state index is 13.5. The number of alkyl halides is 2. The highest BCUT2D eigenvalue weighted by atomic mass is 19.3. The Morgan fingerprint density at radius 3 is 2.38 bits per heavy atom. The summed E-state index contributed by atoms with van der Waals surface area (Å²) in [7, 11) is 0. The molecule has 3 rings (SSSR count). The van der Waals surface area contributed by atoms with E-state index in [0.717, 1.165) is 23.9 Å². The largest absolute Gasteiger partial charge is 0.508 e. The topological polar surface area (TPSA) is 35.5 Å². The molecule has 0 amide bonds. The molecule has 2 N–H and O–H groups in total. The fourth-order valence-corrected chi connectivity index (χ4v) is 2.91. The number of hydrogen-bond acceptors (Lipinski definition) is 3. The second kappa shape index (κ2) is 5.95. The lowest BCUT2D eigenvalue weighted by molar-refractivity contribution is 0.0182. The third-order valence-electron chi connectivity index (χ3n) is 3.97. The van der Waals surface area contributed by atoms with E-state index in [4.69, 9.17) is 0 Å². The molecule has 3 nitrogen and oxygen atoms in total. The summed E-state index contributed by atoms with van der Waals surface area (Å²) in [6.45, 7) is 2.74. The van der Waals surface area contributed by atoms with Crippen LogP contribution in [0.4, 0.5) is 8.78 Å². The van der Waals surface area contributed by atoms with Gasteiger partial charge in [0, 0.05) is 26.2 Å². The molecule has 0 unspecified atom stereocenters. The molecule has 112 valence electrons. The molecule has 0 radical (unpaired) electrons. The first-order valence-corrected chi connectivity index (χ1v) is 7.11. The van der Waals surface area contributed by atoms with Crippen molar-refractivity contribution >= 4 is 10.8 Å². The Morgan fingerprint density at radius 1 is 1.00 bits per heavy atom. The van der Waals surface area contributed by atoms with E-state index < -0.39 is 12.5 Å². The van der Waals surface area contributed by atoms with Crippen LogP contribution < -0.4 is 5.32 Å². The van der Waals surface area contributed by atoms with Crippen LogP contribution in [0.25, 0.3) is 10.8 Å². The summed E-state index contributed by atoms with van der Waals surface area (Å²) in [6.07, 6.45) is -2.42. The Balaban J connectivity index is 1.96. The minimum atomic E-state index is -2.42. The van der Waals surface area contributed by atoms with Gasteiger partial charge in [-0.25, -0.2) is 8.78 Å². The minimum absolute atomic E-state index is 0.183. The summed E-state index contributed by atoms with van der Waals surface area (Å²) in [5, 5.41) is 14.4. The number of nitrogens with zero attached hydrogens (tertiary/aromatic N) is 1. The SMILES string of the molecule is Oc1ccc2cc([C@@H](C(F)F)N3CCNCC3)ccc2c1. The van der Waals surface area contributed by atoms with Gasteiger partial charge in [0.2, 0.25) is 0 Å². The van der Waals surface area contributed by atoms with Crippen molar-refractivity contribution < 1.29 is 13.9 Å². The first-order chi connectivity index (χ1) is 10.1. The van der Waals surface area contributed by atoms with E-state index in [0.29, 0.717) is 18.7 Å². The zero-order valence-corrected chi connectivity index (χ0v) is 11.6. The van der Waals surface area contributed by atoms with E-state index in [2.05, 4.69) is 5.32 Å². The van der Waals surface area contributed by atoms with Gasteiger partial charge in [-0.15, -0.1) is 0 Å². The van der Waals surface area contributed by atoms with Gasteiger partial charge in [0.15, 0.2) is 0 Å². The van der Waals surface area contributed by atoms with E-state index >= 15 is 0 Å². The number of piperazine rings is 1. The Morgan fingerprint density at radius 2 is 1.67 bits per heavy atom. The van der Waals surface area contributed by atoms with Crippen LogP contribution in [0.15, 0.2) is 36.4 Å². The molecule has 0 aliphatic carbocycles. The molecular weight excluding hydrogens is 274 g/mol. The van der Waals surface area contributed by atoms with Gasteiger partial charge < -0.3 is 10.4 Å². The molecular formula is C16H18F2N2O. The lowest BCUT2D eigenvalue weighted by atomic mass is 10.00. The fourth-order valence-electron chi connectivity index (χ4n) is 2.91. The first-order valence-electron chi connectivity index (χ1n) is 7.11. The van der Waals surface area contributed by atoms with Crippen LogP contribution in [0.1, 0.15) is 11.6 Å². The summed E-state index contributed by atoms with van der Waals surface area (Å²) in [5.41, 5.74) is 0.630. The molecule has 1 saturated heterocycles. The van der Waals surface area contributed by atoms with Gasteiger partial charge in [-0.1, -0.05) is 18.2 Å². The standard InChI is InChI=1S/C16H18F2N2O/c17-16(18)15(20-7-5-19-6-8-20)13-2-1-12-10-14(21)4-3-11(12)9-13/h1-4,9-10,15-16,19,21H,5-8H2/t15-/m0/s1. The number of hydrogen-bond donors (Lipinski definition) is 2. The van der Waals surface area contributed by atoms with Crippen molar-refractivity contribution in [2.75, 3.05) is 26.2 Å². The van der Waals surface area contributed by atoms with E-state index in [1.807, 2.05) is 4.90 Å². The van der Waals surface area contributed by atoms with Crippen LogP contribution in [0, 0.1) is 0 Å². The molecule has 5 heteroatoms. The molecule has 1 fully saturated rings. The summed E-state index contributed by atoms with van der Waals surface area (Å²) < 4.78 is 27.1. The van der Waals surface area contributed by atoms with Crippen molar-refractivity contribution in [2.45, 2.75) is 12.5 Å². The van der Waals surface area contributed by atoms with E-state index in [9.17, 15) is 13.9 Å². The lowest BCUT2D eigenvalue weighted by Crippen LogP contribution is -2.46. The Bertz CT molecular complexity index is 627. The van der Waals surface area contributed by atoms with E-state index in [1.54, 1.807) is 36.4 Å². The number of rotatable bonds is 3. The molecule has 1 aliphatic rings. The highest BCUT2D eigenvalue weighted by Gasteiger charge is 2.30. The van der Waals surface area contributed by atoms with Gasteiger partial charge in [0.25, 0.3) is 6.43 Å².